The molecule has 1 aliphatic rings. The van der Waals surface area contributed by atoms with Crippen LogP contribution in [0.15, 0.2) is 36.5 Å². The quantitative estimate of drug-likeness (QED) is 0.799. The lowest BCUT2D eigenvalue weighted by Crippen LogP contribution is -2.38. The Kier molecular flexibility index (Phi) is 6.06. The molecule has 2 atom stereocenters. The molecule has 3 rings (SSSR count). The fraction of sp³-hybridized carbons (Fsp3) is 0.526. The highest BCUT2D eigenvalue weighted by molar-refractivity contribution is 5.20. The molecule has 0 spiro atoms. The third-order valence-corrected chi connectivity index (χ3v) is 4.66. The number of para-hydroxylation sites is 1. The normalized spacial score (nSPS) is 18.4. The number of fused-ring (bicyclic) bond motifs is 1. The van der Waals surface area contributed by atoms with E-state index in [9.17, 15) is 18.3 Å². The van der Waals surface area contributed by atoms with Gasteiger partial charge in [-0.1, -0.05) is 18.2 Å². The summed E-state index contributed by atoms with van der Waals surface area (Å²) in [7, 11) is 1.90. The minimum atomic E-state index is -4.40. The van der Waals surface area contributed by atoms with Crippen LogP contribution < -0.4 is 4.74 Å². The molecule has 0 saturated heterocycles. The van der Waals surface area contributed by atoms with Crippen molar-refractivity contribution in [1.29, 1.82) is 0 Å². The molecular weight excluding hydrogens is 359 g/mol. The molecule has 0 aliphatic carbocycles. The standard InChI is InChI=1S/C19H24F3N3O2/c1-24(11-15(26)13-27-16-5-3-2-4-6-16)9-14-7-8-18-23-17(19(20,21)22)12-25(18)10-14/h2-6,12,14-15,26H,7-11,13H2,1H3. The van der Waals surface area contributed by atoms with Crippen LogP contribution in [0.2, 0.25) is 0 Å². The topological polar surface area (TPSA) is 50.5 Å². The number of alkyl halides is 3. The number of ether oxygens (including phenoxy) is 1. The van der Waals surface area contributed by atoms with Gasteiger partial charge < -0.3 is 19.3 Å². The lowest BCUT2D eigenvalue weighted by atomic mass is 9.99. The number of aliphatic hydroxyl groups is 1. The molecular formula is C19H24F3N3O2. The van der Waals surface area contributed by atoms with Crippen molar-refractivity contribution in [3.05, 3.63) is 48.0 Å². The molecule has 5 nitrogen and oxygen atoms in total. The molecule has 0 amide bonds. The van der Waals surface area contributed by atoms with Gasteiger partial charge in [-0.25, -0.2) is 4.98 Å². The zero-order chi connectivity index (χ0) is 19.4. The number of benzene rings is 1. The molecule has 8 heteroatoms. The molecule has 1 N–H and O–H groups in total. The summed E-state index contributed by atoms with van der Waals surface area (Å²) in [4.78, 5) is 5.70. The second-order valence-electron chi connectivity index (χ2n) is 7.10. The van der Waals surface area contributed by atoms with Crippen LogP contribution in [0.1, 0.15) is 17.9 Å². The summed E-state index contributed by atoms with van der Waals surface area (Å²) in [6.45, 7) is 1.84. The molecule has 1 aromatic heterocycles. The van der Waals surface area contributed by atoms with Crippen LogP contribution in [-0.4, -0.2) is 52.4 Å². The third kappa shape index (κ3) is 5.46. The highest BCUT2D eigenvalue weighted by atomic mass is 19.4. The van der Waals surface area contributed by atoms with Gasteiger partial charge in [0.2, 0.25) is 0 Å². The largest absolute Gasteiger partial charge is 0.491 e. The van der Waals surface area contributed by atoms with E-state index in [2.05, 4.69) is 4.98 Å². The fourth-order valence-electron chi connectivity index (χ4n) is 3.44. The number of rotatable bonds is 7. The van der Waals surface area contributed by atoms with Crippen molar-refractivity contribution in [2.45, 2.75) is 31.7 Å². The summed E-state index contributed by atoms with van der Waals surface area (Å²) in [6, 6.07) is 9.29. The predicted molar refractivity (Wildman–Crippen MR) is 94.5 cm³/mol. The monoisotopic (exact) mass is 383 g/mol. The summed E-state index contributed by atoms with van der Waals surface area (Å²) in [5.74, 6) is 1.43. The van der Waals surface area contributed by atoms with Gasteiger partial charge in [0, 0.05) is 32.3 Å². The van der Waals surface area contributed by atoms with Crippen LogP contribution in [0.5, 0.6) is 5.75 Å². The molecule has 0 fully saturated rings. The summed E-state index contributed by atoms with van der Waals surface area (Å²) in [5, 5.41) is 10.2. The smallest absolute Gasteiger partial charge is 0.434 e. The van der Waals surface area contributed by atoms with Crippen molar-refractivity contribution < 1.29 is 23.0 Å². The number of halogens is 3. The van der Waals surface area contributed by atoms with E-state index in [1.165, 1.54) is 0 Å². The van der Waals surface area contributed by atoms with Crippen LogP contribution in [0.25, 0.3) is 0 Å². The van der Waals surface area contributed by atoms with E-state index in [1.54, 1.807) is 4.57 Å². The first kappa shape index (κ1) is 19.7. The molecule has 1 aromatic carbocycles. The van der Waals surface area contributed by atoms with Crippen LogP contribution in [-0.2, 0) is 19.1 Å². The average molecular weight is 383 g/mol. The van der Waals surface area contributed by atoms with Crippen molar-refractivity contribution in [3.63, 3.8) is 0 Å². The molecule has 27 heavy (non-hydrogen) atoms. The number of hydrogen-bond donors (Lipinski definition) is 1. The van der Waals surface area contributed by atoms with E-state index < -0.39 is 18.0 Å². The van der Waals surface area contributed by atoms with Gasteiger partial charge in [-0.3, -0.25) is 0 Å². The zero-order valence-electron chi connectivity index (χ0n) is 15.2. The van der Waals surface area contributed by atoms with Crippen molar-refractivity contribution in [2.24, 2.45) is 5.92 Å². The van der Waals surface area contributed by atoms with Gasteiger partial charge in [0.1, 0.15) is 24.3 Å². The minimum Gasteiger partial charge on any atom is -0.491 e. The Morgan fingerprint density at radius 1 is 1.33 bits per heavy atom. The number of imidazole rings is 1. The highest BCUT2D eigenvalue weighted by Crippen LogP contribution is 2.30. The van der Waals surface area contributed by atoms with Crippen molar-refractivity contribution in [3.8, 4) is 5.75 Å². The van der Waals surface area contributed by atoms with Gasteiger partial charge >= 0.3 is 6.18 Å². The van der Waals surface area contributed by atoms with Gasteiger partial charge in [0.15, 0.2) is 5.69 Å². The fourth-order valence-corrected chi connectivity index (χ4v) is 3.44. The van der Waals surface area contributed by atoms with E-state index in [0.717, 1.165) is 12.6 Å². The summed E-state index contributed by atoms with van der Waals surface area (Å²) >= 11 is 0. The van der Waals surface area contributed by atoms with Crippen LogP contribution in [0.3, 0.4) is 0 Å². The second kappa shape index (κ2) is 8.31. The molecule has 0 bridgehead atoms. The van der Waals surface area contributed by atoms with E-state index in [4.69, 9.17) is 4.74 Å². The van der Waals surface area contributed by atoms with Gasteiger partial charge in [-0.2, -0.15) is 13.2 Å². The number of hydrogen-bond acceptors (Lipinski definition) is 4. The lowest BCUT2D eigenvalue weighted by Gasteiger charge is -2.29. The third-order valence-electron chi connectivity index (χ3n) is 4.66. The highest BCUT2D eigenvalue weighted by Gasteiger charge is 2.35. The van der Waals surface area contributed by atoms with Gasteiger partial charge in [0.05, 0.1) is 0 Å². The van der Waals surface area contributed by atoms with Crippen LogP contribution in [0.4, 0.5) is 13.2 Å². The first-order valence-corrected chi connectivity index (χ1v) is 8.99. The first-order valence-electron chi connectivity index (χ1n) is 8.99. The number of nitrogens with zero attached hydrogens (tertiary/aromatic N) is 3. The lowest BCUT2D eigenvalue weighted by molar-refractivity contribution is -0.141. The van der Waals surface area contributed by atoms with Crippen LogP contribution in [0, 0.1) is 5.92 Å². The molecule has 2 aromatic rings. The minimum absolute atomic E-state index is 0.194. The van der Waals surface area contributed by atoms with Gasteiger partial charge in [-0.15, -0.1) is 0 Å². The molecule has 0 radical (unpaired) electrons. The van der Waals surface area contributed by atoms with E-state index in [1.807, 2.05) is 42.3 Å². The van der Waals surface area contributed by atoms with Crippen LogP contribution >= 0.6 is 0 Å². The Hall–Kier alpha value is -2.06. The molecule has 1 aliphatic heterocycles. The molecule has 148 valence electrons. The van der Waals surface area contributed by atoms with Crippen molar-refractivity contribution in [2.75, 3.05) is 26.7 Å². The maximum atomic E-state index is 12.8. The van der Waals surface area contributed by atoms with E-state index >= 15 is 0 Å². The Labute approximate surface area is 156 Å². The SMILES string of the molecule is CN(CC(O)COc1ccccc1)CC1CCc2nc(C(F)(F)F)cn2C1. The van der Waals surface area contributed by atoms with Crippen molar-refractivity contribution in [1.82, 2.24) is 14.5 Å². The predicted octanol–water partition coefficient (Wildman–Crippen LogP) is 2.84. The van der Waals surface area contributed by atoms with E-state index in [-0.39, 0.29) is 12.5 Å². The number of aromatic nitrogens is 2. The summed E-state index contributed by atoms with van der Waals surface area (Å²) < 4.78 is 45.5. The van der Waals surface area contributed by atoms with Gasteiger partial charge in [0.25, 0.3) is 0 Å². The molecule has 2 heterocycles. The Balaban J connectivity index is 1.45. The first-order chi connectivity index (χ1) is 12.8. The Morgan fingerprint density at radius 2 is 2.07 bits per heavy atom. The molecule has 2 unspecified atom stereocenters. The summed E-state index contributed by atoms with van der Waals surface area (Å²) in [6.07, 6.45) is -2.62. The maximum absolute atomic E-state index is 12.8. The Bertz CT molecular complexity index is 734. The summed E-state index contributed by atoms with van der Waals surface area (Å²) in [5.41, 5.74) is -0.819. The van der Waals surface area contributed by atoms with Gasteiger partial charge in [-0.05, 0) is 31.5 Å². The zero-order valence-corrected chi connectivity index (χ0v) is 15.2. The number of aliphatic hydroxyl groups excluding tert-OH is 1. The number of likely N-dealkylation sites (N-methyl/N-ethyl adjacent to an activating group) is 1. The molecule has 0 saturated carbocycles. The van der Waals surface area contributed by atoms with E-state index in [0.29, 0.717) is 37.6 Å². The number of aryl methyl sites for hydroxylation is 1. The second-order valence-corrected chi connectivity index (χ2v) is 7.10. The average Bonchev–Trinajstić information content (AvgIpc) is 3.04. The van der Waals surface area contributed by atoms with Crippen molar-refractivity contribution >= 4 is 0 Å². The maximum Gasteiger partial charge on any atom is 0.434 e. The Morgan fingerprint density at radius 3 is 2.78 bits per heavy atom.